The molecule has 0 spiro atoms. The number of carbonyl (C=O) groups excluding carboxylic acids is 1. The smallest absolute Gasteiger partial charge is 0.253 e. The van der Waals surface area contributed by atoms with Crippen molar-refractivity contribution in [3.63, 3.8) is 0 Å². The van der Waals surface area contributed by atoms with Gasteiger partial charge in [0.25, 0.3) is 5.91 Å². The van der Waals surface area contributed by atoms with E-state index in [-0.39, 0.29) is 23.5 Å². The third-order valence-corrected chi connectivity index (χ3v) is 4.42. The molecule has 0 aromatic heterocycles. The van der Waals surface area contributed by atoms with Crippen molar-refractivity contribution in [3.05, 3.63) is 23.8 Å². The van der Waals surface area contributed by atoms with E-state index in [2.05, 4.69) is 24.5 Å². The number of methoxy groups -OCH3 is 1. The fraction of sp³-hybridized carbons (Fsp3) is 0.562. The van der Waals surface area contributed by atoms with E-state index in [1.54, 1.807) is 19.2 Å². The average molecular weight is 291 g/mol. The van der Waals surface area contributed by atoms with Crippen LogP contribution in [-0.4, -0.2) is 31.7 Å². The van der Waals surface area contributed by atoms with Gasteiger partial charge in [-0.2, -0.15) is 0 Å². The molecule has 0 heterocycles. The van der Waals surface area contributed by atoms with Crippen LogP contribution in [0.25, 0.3) is 0 Å². The first-order valence-electron chi connectivity index (χ1n) is 7.37. The first-order valence-corrected chi connectivity index (χ1v) is 7.37. The molecule has 1 aromatic rings. The van der Waals surface area contributed by atoms with Crippen LogP contribution in [0.2, 0.25) is 0 Å². The molecular formula is C16H25N3O2. The third kappa shape index (κ3) is 2.97. The van der Waals surface area contributed by atoms with Crippen LogP contribution in [0.4, 0.5) is 11.4 Å². The van der Waals surface area contributed by atoms with E-state index in [0.29, 0.717) is 17.8 Å². The van der Waals surface area contributed by atoms with Crippen LogP contribution < -0.4 is 16.4 Å². The Bertz CT molecular complexity index is 528. The molecule has 0 radical (unpaired) electrons. The summed E-state index contributed by atoms with van der Waals surface area (Å²) in [5.41, 5.74) is 7.94. The summed E-state index contributed by atoms with van der Waals surface area (Å²) in [4.78, 5) is 12.1. The third-order valence-electron chi connectivity index (χ3n) is 4.42. The Balaban J connectivity index is 2.20. The second-order valence-corrected chi connectivity index (χ2v) is 6.14. The van der Waals surface area contributed by atoms with Gasteiger partial charge >= 0.3 is 0 Å². The summed E-state index contributed by atoms with van der Waals surface area (Å²) < 4.78 is 5.47. The fourth-order valence-corrected chi connectivity index (χ4v) is 2.85. The van der Waals surface area contributed by atoms with Crippen molar-refractivity contribution in [2.24, 2.45) is 5.41 Å². The summed E-state index contributed by atoms with van der Waals surface area (Å²) in [7, 11) is 1.74. The summed E-state index contributed by atoms with van der Waals surface area (Å²) in [6.45, 7) is 6.84. The largest absolute Gasteiger partial charge is 0.399 e. The molecule has 2 rings (SSSR count). The van der Waals surface area contributed by atoms with Gasteiger partial charge in [0.1, 0.15) is 0 Å². The lowest BCUT2D eigenvalue weighted by Crippen LogP contribution is -2.57. The lowest BCUT2D eigenvalue weighted by atomic mass is 9.64. The van der Waals surface area contributed by atoms with Gasteiger partial charge in [0.2, 0.25) is 0 Å². The molecule has 1 aliphatic carbocycles. The van der Waals surface area contributed by atoms with Crippen molar-refractivity contribution in [2.45, 2.75) is 39.3 Å². The number of nitrogens with one attached hydrogen (secondary N) is 2. The normalized spacial score (nSPS) is 23.2. The van der Waals surface area contributed by atoms with Gasteiger partial charge in [0.05, 0.1) is 11.7 Å². The van der Waals surface area contributed by atoms with Gasteiger partial charge in [-0.25, -0.2) is 0 Å². The Labute approximate surface area is 126 Å². The Morgan fingerprint density at radius 1 is 1.48 bits per heavy atom. The molecule has 1 fully saturated rings. The average Bonchev–Trinajstić information content (AvgIpc) is 2.43. The molecular weight excluding hydrogens is 266 g/mol. The van der Waals surface area contributed by atoms with Gasteiger partial charge < -0.3 is 21.1 Å². The predicted octanol–water partition coefficient (Wildman–Crippen LogP) is 2.24. The van der Waals surface area contributed by atoms with Gasteiger partial charge in [-0.15, -0.1) is 0 Å². The quantitative estimate of drug-likeness (QED) is 0.727. The Morgan fingerprint density at radius 2 is 2.19 bits per heavy atom. The summed E-state index contributed by atoms with van der Waals surface area (Å²) in [6.07, 6.45) is 1.16. The molecule has 0 bridgehead atoms. The number of benzene rings is 1. The monoisotopic (exact) mass is 291 g/mol. The molecule has 4 N–H and O–H groups in total. The van der Waals surface area contributed by atoms with Crippen LogP contribution >= 0.6 is 0 Å². The van der Waals surface area contributed by atoms with E-state index in [1.807, 2.05) is 13.0 Å². The Kier molecular flexibility index (Phi) is 4.42. The SMILES string of the molecule is CCNC(=O)c1ccc(N)cc1NC1CC(OC)C1(C)C. The number of anilines is 2. The molecule has 21 heavy (non-hydrogen) atoms. The predicted molar refractivity (Wildman–Crippen MR) is 85.5 cm³/mol. The molecule has 5 nitrogen and oxygen atoms in total. The zero-order valence-corrected chi connectivity index (χ0v) is 13.2. The molecule has 1 aromatic carbocycles. The number of carbonyl (C=O) groups is 1. The van der Waals surface area contributed by atoms with E-state index in [1.165, 1.54) is 0 Å². The minimum absolute atomic E-state index is 0.0257. The summed E-state index contributed by atoms with van der Waals surface area (Å²) in [6, 6.07) is 5.60. The summed E-state index contributed by atoms with van der Waals surface area (Å²) in [5.74, 6) is -0.0829. The van der Waals surface area contributed by atoms with Crippen molar-refractivity contribution in [2.75, 3.05) is 24.7 Å². The number of hydrogen-bond donors (Lipinski definition) is 3. The highest BCUT2D eigenvalue weighted by Gasteiger charge is 2.48. The van der Waals surface area contributed by atoms with Gasteiger partial charge in [-0.1, -0.05) is 13.8 Å². The number of ether oxygens (including phenoxy) is 1. The first kappa shape index (κ1) is 15.6. The van der Waals surface area contributed by atoms with Crippen LogP contribution in [0, 0.1) is 5.41 Å². The number of nitrogens with two attached hydrogens (primary N) is 1. The Hall–Kier alpha value is -1.75. The van der Waals surface area contributed by atoms with Crippen LogP contribution in [0.15, 0.2) is 18.2 Å². The number of hydrogen-bond acceptors (Lipinski definition) is 4. The van der Waals surface area contributed by atoms with Gasteiger partial charge in [0, 0.05) is 36.5 Å². The zero-order valence-electron chi connectivity index (χ0n) is 13.2. The number of rotatable bonds is 5. The van der Waals surface area contributed by atoms with E-state index in [0.717, 1.165) is 12.1 Å². The van der Waals surface area contributed by atoms with Gasteiger partial charge in [-0.05, 0) is 31.5 Å². The topological polar surface area (TPSA) is 76.4 Å². The molecule has 5 heteroatoms. The van der Waals surface area contributed by atoms with Crippen molar-refractivity contribution in [1.82, 2.24) is 5.32 Å². The van der Waals surface area contributed by atoms with Crippen molar-refractivity contribution in [1.29, 1.82) is 0 Å². The molecule has 0 aliphatic heterocycles. The maximum atomic E-state index is 12.1. The molecule has 1 amide bonds. The summed E-state index contributed by atoms with van der Waals surface area (Å²) >= 11 is 0. The van der Waals surface area contributed by atoms with Crippen molar-refractivity contribution in [3.8, 4) is 0 Å². The minimum atomic E-state index is -0.0829. The highest BCUT2D eigenvalue weighted by Crippen LogP contribution is 2.44. The highest BCUT2D eigenvalue weighted by atomic mass is 16.5. The van der Waals surface area contributed by atoms with Gasteiger partial charge in [-0.3, -0.25) is 4.79 Å². The maximum Gasteiger partial charge on any atom is 0.253 e. The Morgan fingerprint density at radius 3 is 2.76 bits per heavy atom. The summed E-state index contributed by atoms with van der Waals surface area (Å²) in [5, 5.41) is 6.29. The van der Waals surface area contributed by atoms with Crippen LogP contribution in [0.5, 0.6) is 0 Å². The lowest BCUT2D eigenvalue weighted by molar-refractivity contribution is -0.0794. The second kappa shape index (κ2) is 5.93. The van der Waals surface area contributed by atoms with E-state index < -0.39 is 0 Å². The molecule has 1 aliphatic rings. The van der Waals surface area contributed by atoms with E-state index in [9.17, 15) is 4.79 Å². The standard InChI is InChI=1S/C16H25N3O2/c1-5-18-15(20)11-7-6-10(17)8-12(11)19-13-9-14(21-4)16(13,2)3/h6-8,13-14,19H,5,9,17H2,1-4H3,(H,18,20). The maximum absolute atomic E-state index is 12.1. The highest BCUT2D eigenvalue weighted by molar-refractivity contribution is 6.00. The number of nitrogen functional groups attached to an aromatic ring is 1. The molecule has 1 saturated carbocycles. The van der Waals surface area contributed by atoms with Crippen molar-refractivity contribution >= 4 is 17.3 Å². The van der Waals surface area contributed by atoms with Crippen molar-refractivity contribution < 1.29 is 9.53 Å². The van der Waals surface area contributed by atoms with Gasteiger partial charge in [0.15, 0.2) is 0 Å². The lowest BCUT2D eigenvalue weighted by Gasteiger charge is -2.51. The van der Waals surface area contributed by atoms with E-state index >= 15 is 0 Å². The molecule has 2 atom stereocenters. The molecule has 2 unspecified atom stereocenters. The fourth-order valence-electron chi connectivity index (χ4n) is 2.85. The van der Waals surface area contributed by atoms with Crippen LogP contribution in [0.1, 0.15) is 37.6 Å². The second-order valence-electron chi connectivity index (χ2n) is 6.14. The first-order chi connectivity index (χ1) is 9.90. The van der Waals surface area contributed by atoms with Crippen LogP contribution in [0.3, 0.4) is 0 Å². The molecule has 116 valence electrons. The van der Waals surface area contributed by atoms with Crippen LogP contribution in [-0.2, 0) is 4.74 Å². The minimum Gasteiger partial charge on any atom is -0.399 e. The zero-order chi connectivity index (χ0) is 15.6. The number of amides is 1. The van der Waals surface area contributed by atoms with E-state index in [4.69, 9.17) is 10.5 Å². The molecule has 0 saturated heterocycles.